The minimum Gasteiger partial charge on any atom is -0.342 e. The van der Waals surface area contributed by atoms with Gasteiger partial charge in [-0.25, -0.2) is 0 Å². The summed E-state index contributed by atoms with van der Waals surface area (Å²) in [5.41, 5.74) is 2.87. The summed E-state index contributed by atoms with van der Waals surface area (Å²) in [6.45, 7) is 7.23. The predicted octanol–water partition coefficient (Wildman–Crippen LogP) is 3.43. The van der Waals surface area contributed by atoms with Crippen molar-refractivity contribution in [2.24, 2.45) is 12.5 Å². The molecule has 5 nitrogen and oxygen atoms in total. The van der Waals surface area contributed by atoms with Crippen molar-refractivity contribution < 1.29 is 4.79 Å². The number of amides is 1. The van der Waals surface area contributed by atoms with Gasteiger partial charge in [-0.3, -0.25) is 14.4 Å². The van der Waals surface area contributed by atoms with Crippen LogP contribution in [-0.4, -0.2) is 51.7 Å². The van der Waals surface area contributed by atoms with Crippen molar-refractivity contribution in [3.8, 4) is 0 Å². The maximum absolute atomic E-state index is 12.9. The second-order valence-electron chi connectivity index (χ2n) is 8.76. The van der Waals surface area contributed by atoms with Crippen LogP contribution in [0, 0.1) is 5.41 Å². The van der Waals surface area contributed by atoms with Crippen LogP contribution in [0.15, 0.2) is 42.7 Å². The van der Waals surface area contributed by atoms with Crippen molar-refractivity contribution in [1.29, 1.82) is 0 Å². The average molecular weight is 381 g/mol. The van der Waals surface area contributed by atoms with E-state index >= 15 is 0 Å². The minimum atomic E-state index is -0.101. The van der Waals surface area contributed by atoms with Gasteiger partial charge < -0.3 is 4.90 Å². The summed E-state index contributed by atoms with van der Waals surface area (Å²) in [4.78, 5) is 17.6. The first-order chi connectivity index (χ1) is 13.5. The van der Waals surface area contributed by atoms with Gasteiger partial charge in [0.25, 0.3) is 0 Å². The first-order valence-corrected chi connectivity index (χ1v) is 10.6. The summed E-state index contributed by atoms with van der Waals surface area (Å²) in [6.07, 6.45) is 8.60. The highest BCUT2D eigenvalue weighted by molar-refractivity contribution is 5.83. The number of aryl methyl sites for hydroxylation is 1. The molecule has 1 unspecified atom stereocenters. The molecular formula is C23H32N4O. The number of carbonyl (C=O) groups is 1. The van der Waals surface area contributed by atoms with E-state index in [-0.39, 0.29) is 11.8 Å². The number of likely N-dealkylation sites (tertiary alicyclic amines) is 2. The number of hydrogen-bond donors (Lipinski definition) is 0. The Kier molecular flexibility index (Phi) is 5.54. The third kappa shape index (κ3) is 4.14. The van der Waals surface area contributed by atoms with Gasteiger partial charge in [0, 0.05) is 38.4 Å². The molecule has 150 valence electrons. The van der Waals surface area contributed by atoms with E-state index in [0.29, 0.717) is 5.41 Å². The van der Waals surface area contributed by atoms with Crippen LogP contribution in [-0.2, 0) is 18.4 Å². The molecule has 2 aliphatic heterocycles. The number of nitrogens with zero attached hydrogens (tertiary/aromatic N) is 4. The fourth-order valence-electron chi connectivity index (χ4n) is 4.81. The highest BCUT2D eigenvalue weighted by Gasteiger charge is 2.39. The molecule has 5 heteroatoms. The number of rotatable bonds is 4. The van der Waals surface area contributed by atoms with E-state index in [4.69, 9.17) is 0 Å². The Morgan fingerprint density at radius 1 is 1.07 bits per heavy atom. The molecule has 1 amide bonds. The zero-order valence-corrected chi connectivity index (χ0v) is 17.2. The molecule has 0 radical (unpaired) electrons. The second kappa shape index (κ2) is 8.08. The molecule has 1 aromatic carbocycles. The zero-order valence-electron chi connectivity index (χ0n) is 17.2. The molecule has 1 spiro atoms. The number of carbonyl (C=O) groups excluding carboxylic acids is 1. The zero-order chi connectivity index (χ0) is 19.6. The standard InChI is InChI=1S/C23H32N4O/c1-19(21-16-24-25(2)18-21)22(28)27-14-10-23(11-15-27)8-12-26(13-9-23)17-20-6-4-3-5-7-20/h3-7,16,18-19H,8-15,17H2,1-2H3. The Hall–Kier alpha value is -2.14. The van der Waals surface area contributed by atoms with Gasteiger partial charge in [0.1, 0.15) is 0 Å². The maximum atomic E-state index is 12.9. The summed E-state index contributed by atoms with van der Waals surface area (Å²) in [5, 5.41) is 4.21. The maximum Gasteiger partial charge on any atom is 0.229 e. The lowest BCUT2D eigenvalue weighted by atomic mass is 9.71. The minimum absolute atomic E-state index is 0.101. The molecular weight excluding hydrogens is 348 g/mol. The molecule has 2 aromatic rings. The smallest absolute Gasteiger partial charge is 0.229 e. The normalized spacial score (nSPS) is 21.0. The molecule has 2 saturated heterocycles. The largest absolute Gasteiger partial charge is 0.342 e. The molecule has 0 aliphatic carbocycles. The van der Waals surface area contributed by atoms with Crippen LogP contribution in [0.3, 0.4) is 0 Å². The number of hydrogen-bond acceptors (Lipinski definition) is 3. The molecule has 0 saturated carbocycles. The Morgan fingerprint density at radius 2 is 1.71 bits per heavy atom. The van der Waals surface area contributed by atoms with E-state index < -0.39 is 0 Å². The molecule has 0 bridgehead atoms. The van der Waals surface area contributed by atoms with Gasteiger partial charge in [0.05, 0.1) is 12.1 Å². The molecule has 2 fully saturated rings. The predicted molar refractivity (Wildman–Crippen MR) is 111 cm³/mol. The Morgan fingerprint density at radius 3 is 2.32 bits per heavy atom. The van der Waals surface area contributed by atoms with E-state index in [1.54, 1.807) is 4.68 Å². The van der Waals surface area contributed by atoms with E-state index in [1.807, 2.05) is 26.4 Å². The van der Waals surface area contributed by atoms with Gasteiger partial charge in [0.15, 0.2) is 0 Å². The highest BCUT2D eigenvalue weighted by Crippen LogP contribution is 2.42. The summed E-state index contributed by atoms with van der Waals surface area (Å²) in [6, 6.07) is 10.8. The second-order valence-corrected chi connectivity index (χ2v) is 8.76. The molecule has 1 aromatic heterocycles. The molecule has 0 N–H and O–H groups in total. The van der Waals surface area contributed by atoms with Gasteiger partial charge in [-0.05, 0) is 56.7 Å². The molecule has 4 rings (SSSR count). The Bertz CT molecular complexity index is 782. The van der Waals surface area contributed by atoms with E-state index in [1.165, 1.54) is 31.5 Å². The lowest BCUT2D eigenvalue weighted by Gasteiger charge is -2.47. The van der Waals surface area contributed by atoms with Crippen molar-refractivity contribution in [3.05, 3.63) is 53.9 Å². The fraction of sp³-hybridized carbons (Fsp3) is 0.565. The van der Waals surface area contributed by atoms with E-state index in [2.05, 4.69) is 45.2 Å². The summed E-state index contributed by atoms with van der Waals surface area (Å²) < 4.78 is 1.77. The van der Waals surface area contributed by atoms with E-state index in [9.17, 15) is 4.79 Å². The third-order valence-corrected chi connectivity index (χ3v) is 6.90. The average Bonchev–Trinajstić information content (AvgIpc) is 3.16. The third-order valence-electron chi connectivity index (χ3n) is 6.90. The fourth-order valence-corrected chi connectivity index (χ4v) is 4.81. The van der Waals surface area contributed by atoms with Crippen LogP contribution in [0.4, 0.5) is 0 Å². The number of benzene rings is 1. The highest BCUT2D eigenvalue weighted by atomic mass is 16.2. The van der Waals surface area contributed by atoms with Gasteiger partial charge in [-0.1, -0.05) is 30.3 Å². The molecule has 3 heterocycles. The van der Waals surface area contributed by atoms with Crippen molar-refractivity contribution in [2.75, 3.05) is 26.2 Å². The SMILES string of the molecule is CC(C(=O)N1CCC2(CCN(Cc3ccccc3)CC2)CC1)c1cnn(C)c1. The van der Waals surface area contributed by atoms with Crippen molar-refractivity contribution in [1.82, 2.24) is 19.6 Å². The first-order valence-electron chi connectivity index (χ1n) is 10.6. The van der Waals surface area contributed by atoms with Crippen molar-refractivity contribution in [3.63, 3.8) is 0 Å². The topological polar surface area (TPSA) is 41.4 Å². The van der Waals surface area contributed by atoms with Crippen molar-refractivity contribution in [2.45, 2.75) is 45.1 Å². The molecule has 28 heavy (non-hydrogen) atoms. The lowest BCUT2D eigenvalue weighted by molar-refractivity contribution is -0.135. The lowest BCUT2D eigenvalue weighted by Crippen LogP contribution is -2.48. The van der Waals surface area contributed by atoms with Gasteiger partial charge in [-0.2, -0.15) is 5.10 Å². The van der Waals surface area contributed by atoms with Crippen LogP contribution in [0.2, 0.25) is 0 Å². The van der Waals surface area contributed by atoms with Crippen LogP contribution >= 0.6 is 0 Å². The number of aromatic nitrogens is 2. The van der Waals surface area contributed by atoms with Crippen LogP contribution in [0.1, 0.15) is 49.7 Å². The van der Waals surface area contributed by atoms with Crippen molar-refractivity contribution >= 4 is 5.91 Å². The monoisotopic (exact) mass is 380 g/mol. The summed E-state index contributed by atoms with van der Waals surface area (Å²) in [7, 11) is 1.90. The summed E-state index contributed by atoms with van der Waals surface area (Å²) >= 11 is 0. The van der Waals surface area contributed by atoms with Gasteiger partial charge >= 0.3 is 0 Å². The number of piperidine rings is 2. The van der Waals surface area contributed by atoms with Crippen LogP contribution in [0.5, 0.6) is 0 Å². The first kappa shape index (κ1) is 19.2. The molecule has 1 atom stereocenters. The van der Waals surface area contributed by atoms with Crippen LogP contribution in [0.25, 0.3) is 0 Å². The summed E-state index contributed by atoms with van der Waals surface area (Å²) in [5.74, 6) is 0.153. The Balaban J connectivity index is 1.28. The van der Waals surface area contributed by atoms with E-state index in [0.717, 1.165) is 38.0 Å². The van der Waals surface area contributed by atoms with Gasteiger partial charge in [0.2, 0.25) is 5.91 Å². The van der Waals surface area contributed by atoms with Gasteiger partial charge in [-0.15, -0.1) is 0 Å². The molecule has 2 aliphatic rings. The quantitative estimate of drug-likeness (QED) is 0.816. The Labute approximate surface area is 168 Å². The van der Waals surface area contributed by atoms with Crippen LogP contribution < -0.4 is 0 Å².